The van der Waals surface area contributed by atoms with Crippen molar-refractivity contribution in [2.45, 2.75) is 0 Å². The van der Waals surface area contributed by atoms with E-state index in [9.17, 15) is 4.79 Å². The molecule has 0 saturated heterocycles. The van der Waals surface area contributed by atoms with Gasteiger partial charge in [0.05, 0.1) is 5.69 Å². The highest BCUT2D eigenvalue weighted by Gasteiger charge is 1.91. The third-order valence-corrected chi connectivity index (χ3v) is 1.51. The van der Waals surface area contributed by atoms with Crippen LogP contribution in [0.1, 0.15) is 5.69 Å². The standard InChI is InChI=1S/C7H7N.C5H9NO/c1-2-7-5-3-4-6-8-7;1-4-5(7)6(2)3/h2-6H,1H2;4H,1H2,2-3H3. The third kappa shape index (κ3) is 6.21. The van der Waals surface area contributed by atoms with Crippen molar-refractivity contribution < 1.29 is 4.79 Å². The van der Waals surface area contributed by atoms with Crippen molar-refractivity contribution in [3.05, 3.63) is 49.3 Å². The van der Waals surface area contributed by atoms with Crippen molar-refractivity contribution in [1.82, 2.24) is 9.88 Å². The van der Waals surface area contributed by atoms with Crippen molar-refractivity contribution in [2.24, 2.45) is 0 Å². The molecule has 0 bridgehead atoms. The highest BCUT2D eigenvalue weighted by atomic mass is 16.2. The average Bonchev–Trinajstić information content (AvgIpc) is 2.29. The molecule has 0 N–H and O–H groups in total. The van der Waals surface area contributed by atoms with Crippen LogP contribution >= 0.6 is 0 Å². The maximum atomic E-state index is 10.3. The molecule has 0 spiro atoms. The van der Waals surface area contributed by atoms with Crippen molar-refractivity contribution in [1.29, 1.82) is 0 Å². The molecular weight excluding hydrogens is 188 g/mol. The molecule has 0 radical (unpaired) electrons. The Labute approximate surface area is 90.8 Å². The molecule has 1 aromatic rings. The number of likely N-dealkylation sites (N-methyl/N-ethyl adjacent to an activating group) is 1. The minimum atomic E-state index is -0.0556. The molecule has 3 heteroatoms. The second-order valence-corrected chi connectivity index (χ2v) is 2.90. The summed E-state index contributed by atoms with van der Waals surface area (Å²) in [5.74, 6) is -0.0556. The number of rotatable bonds is 2. The molecule has 0 unspecified atom stereocenters. The smallest absolute Gasteiger partial charge is 0.245 e. The van der Waals surface area contributed by atoms with Crippen LogP contribution in [-0.2, 0) is 4.79 Å². The monoisotopic (exact) mass is 204 g/mol. The summed E-state index contributed by atoms with van der Waals surface area (Å²) in [6.45, 7) is 6.86. The summed E-state index contributed by atoms with van der Waals surface area (Å²) in [4.78, 5) is 15.8. The molecule has 0 aromatic carbocycles. The first-order valence-corrected chi connectivity index (χ1v) is 4.49. The van der Waals surface area contributed by atoms with Crippen molar-refractivity contribution >= 4 is 12.0 Å². The zero-order chi connectivity index (χ0) is 11.7. The first-order valence-electron chi connectivity index (χ1n) is 4.49. The van der Waals surface area contributed by atoms with E-state index >= 15 is 0 Å². The van der Waals surface area contributed by atoms with E-state index < -0.39 is 0 Å². The van der Waals surface area contributed by atoms with Crippen LogP contribution in [0.5, 0.6) is 0 Å². The van der Waals surface area contributed by atoms with Crippen LogP contribution in [0.2, 0.25) is 0 Å². The van der Waals surface area contributed by atoms with Crippen LogP contribution < -0.4 is 0 Å². The fourth-order valence-electron chi connectivity index (χ4n) is 0.679. The molecule has 0 aliphatic heterocycles. The summed E-state index contributed by atoms with van der Waals surface area (Å²) in [6, 6.07) is 5.73. The Morgan fingerprint density at radius 1 is 1.40 bits per heavy atom. The largest absolute Gasteiger partial charge is 0.345 e. The van der Waals surface area contributed by atoms with Gasteiger partial charge in [-0.3, -0.25) is 9.78 Å². The second-order valence-electron chi connectivity index (χ2n) is 2.90. The van der Waals surface area contributed by atoms with E-state index in [-0.39, 0.29) is 5.91 Å². The molecule has 1 rings (SSSR count). The zero-order valence-electron chi connectivity index (χ0n) is 9.18. The fraction of sp³-hybridized carbons (Fsp3) is 0.167. The topological polar surface area (TPSA) is 33.2 Å². The molecule has 3 nitrogen and oxygen atoms in total. The van der Waals surface area contributed by atoms with E-state index in [0.29, 0.717) is 0 Å². The van der Waals surface area contributed by atoms with Crippen molar-refractivity contribution in [2.75, 3.05) is 14.1 Å². The lowest BCUT2D eigenvalue weighted by Crippen LogP contribution is -2.18. The molecule has 0 atom stereocenters. The Hall–Kier alpha value is -1.90. The van der Waals surface area contributed by atoms with Gasteiger partial charge in [-0.2, -0.15) is 0 Å². The van der Waals surface area contributed by atoms with E-state index in [4.69, 9.17) is 0 Å². The normalized spacial score (nSPS) is 8.13. The Bertz CT molecular complexity index is 318. The van der Waals surface area contributed by atoms with Crippen LogP contribution in [-0.4, -0.2) is 29.9 Å². The third-order valence-electron chi connectivity index (χ3n) is 1.51. The van der Waals surface area contributed by atoms with Gasteiger partial charge in [-0.15, -0.1) is 0 Å². The predicted octanol–water partition coefficient (Wildman–Crippen LogP) is 1.99. The molecule has 1 heterocycles. The van der Waals surface area contributed by atoms with Crippen LogP contribution in [0.15, 0.2) is 43.6 Å². The molecular formula is C12H16N2O. The fourth-order valence-corrected chi connectivity index (χ4v) is 0.679. The number of hydrogen-bond donors (Lipinski definition) is 0. The van der Waals surface area contributed by atoms with Crippen LogP contribution in [0.3, 0.4) is 0 Å². The number of nitrogens with zero attached hydrogens (tertiary/aromatic N) is 2. The van der Waals surface area contributed by atoms with Crippen molar-refractivity contribution in [3.8, 4) is 0 Å². The molecule has 15 heavy (non-hydrogen) atoms. The van der Waals surface area contributed by atoms with Gasteiger partial charge in [0.1, 0.15) is 0 Å². The lowest BCUT2D eigenvalue weighted by atomic mass is 10.4. The molecule has 80 valence electrons. The second kappa shape index (κ2) is 7.50. The summed E-state index contributed by atoms with van der Waals surface area (Å²) < 4.78 is 0. The van der Waals surface area contributed by atoms with Crippen LogP contribution in [0.4, 0.5) is 0 Å². The van der Waals surface area contributed by atoms with Crippen LogP contribution in [0.25, 0.3) is 6.08 Å². The highest BCUT2D eigenvalue weighted by molar-refractivity contribution is 5.86. The zero-order valence-corrected chi connectivity index (χ0v) is 9.18. The van der Waals surface area contributed by atoms with E-state index in [0.717, 1.165) is 5.69 Å². The molecule has 1 aromatic heterocycles. The van der Waals surface area contributed by atoms with E-state index in [1.165, 1.54) is 11.0 Å². The predicted molar refractivity (Wildman–Crippen MR) is 63.2 cm³/mol. The highest BCUT2D eigenvalue weighted by Crippen LogP contribution is 1.91. The summed E-state index contributed by atoms with van der Waals surface area (Å²) >= 11 is 0. The molecule has 1 amide bonds. The van der Waals surface area contributed by atoms with E-state index in [1.54, 1.807) is 26.4 Å². The Morgan fingerprint density at radius 3 is 2.27 bits per heavy atom. The van der Waals surface area contributed by atoms with Crippen molar-refractivity contribution in [3.63, 3.8) is 0 Å². The average molecular weight is 204 g/mol. The summed E-state index contributed by atoms with van der Waals surface area (Å²) in [5, 5.41) is 0. The first-order chi connectivity index (χ1) is 7.11. The van der Waals surface area contributed by atoms with Gasteiger partial charge >= 0.3 is 0 Å². The van der Waals surface area contributed by atoms with Gasteiger partial charge in [0.25, 0.3) is 0 Å². The lowest BCUT2D eigenvalue weighted by Gasteiger charge is -2.03. The molecule has 0 fully saturated rings. The minimum absolute atomic E-state index is 0.0556. The molecule has 0 aliphatic rings. The number of aromatic nitrogens is 1. The van der Waals surface area contributed by atoms with Gasteiger partial charge in [0, 0.05) is 20.3 Å². The quantitative estimate of drug-likeness (QED) is 0.690. The molecule has 0 saturated carbocycles. The van der Waals surface area contributed by atoms with Gasteiger partial charge in [-0.05, 0) is 24.3 Å². The van der Waals surface area contributed by atoms with Gasteiger partial charge in [-0.1, -0.05) is 19.2 Å². The number of carbonyl (C=O) groups excluding carboxylic acids is 1. The first kappa shape index (κ1) is 13.1. The van der Waals surface area contributed by atoms with Gasteiger partial charge < -0.3 is 4.90 Å². The Morgan fingerprint density at radius 2 is 2.07 bits per heavy atom. The molecule has 0 aliphatic carbocycles. The maximum absolute atomic E-state index is 10.3. The maximum Gasteiger partial charge on any atom is 0.245 e. The lowest BCUT2D eigenvalue weighted by molar-refractivity contribution is -0.123. The van der Waals surface area contributed by atoms with Gasteiger partial charge in [0.15, 0.2) is 0 Å². The Kier molecular flexibility index (Phi) is 6.55. The van der Waals surface area contributed by atoms with Gasteiger partial charge in [-0.25, -0.2) is 0 Å². The van der Waals surface area contributed by atoms with Crippen LogP contribution in [0, 0.1) is 0 Å². The number of carbonyl (C=O) groups is 1. The number of hydrogen-bond acceptors (Lipinski definition) is 2. The minimum Gasteiger partial charge on any atom is -0.345 e. The van der Waals surface area contributed by atoms with Gasteiger partial charge in [0.2, 0.25) is 5.91 Å². The Balaban J connectivity index is 0.000000265. The summed E-state index contributed by atoms with van der Waals surface area (Å²) in [6.07, 6.45) is 4.75. The summed E-state index contributed by atoms with van der Waals surface area (Å²) in [7, 11) is 3.37. The summed E-state index contributed by atoms with van der Waals surface area (Å²) in [5.41, 5.74) is 0.924. The number of amides is 1. The SMILES string of the molecule is C=CC(=O)N(C)C.C=Cc1ccccn1. The van der Waals surface area contributed by atoms with E-state index in [2.05, 4.69) is 18.1 Å². The van der Waals surface area contributed by atoms with E-state index in [1.807, 2.05) is 18.2 Å². The number of pyridine rings is 1.